The molecule has 5 nitrogen and oxygen atoms in total. The maximum atomic E-state index is 11.8. The molecule has 0 atom stereocenters. The zero-order chi connectivity index (χ0) is 90.4. The number of benzene rings is 11. The lowest BCUT2D eigenvalue weighted by atomic mass is 9.30. The van der Waals surface area contributed by atoms with E-state index in [0.29, 0.717) is 31.4 Å². The molecule has 3 aliphatic rings. The number of hydrogen-bond donors (Lipinski definition) is 0. The van der Waals surface area contributed by atoms with Gasteiger partial charge in [-0.3, -0.25) is 0 Å². The Hall–Kier alpha value is -9.45. The Bertz CT molecular complexity index is 6270. The van der Waals surface area contributed by atoms with E-state index >= 15 is 0 Å². The number of ether oxygens (including phenoxy) is 1. The molecule has 0 bridgehead atoms. The van der Waals surface area contributed by atoms with Crippen LogP contribution in [0.25, 0.3) is 0 Å². The summed E-state index contributed by atoms with van der Waals surface area (Å²) in [5, 5.41) is 0. The van der Waals surface area contributed by atoms with Gasteiger partial charge in [0, 0.05) is 68.6 Å². The molecule has 0 aliphatic carbocycles. The number of rotatable bonds is 12. The molecule has 83 heavy (non-hydrogen) atoms. The van der Waals surface area contributed by atoms with Crippen LogP contribution in [-0.2, 0) is 0 Å². The molecule has 0 N–H and O–H groups in total. The summed E-state index contributed by atoms with van der Waals surface area (Å²) in [4.78, 5) is 2.27. The predicted octanol–water partition coefficient (Wildman–Crippen LogP) is 17.0. The standard InChI is InChI=1S/C76H66B2N4O/c1-50(2)54-43-63(51(3)4)75(64(44-54)52(5)6)77-65-41-40-61(80(57-31-17-10-18-32-57)60-37-25-26-53(7)42-60)45-69(65)81(58-33-19-11-20-34-58)70-49-71-68(48-67(70)77)78-66-38-23-24-39-73(66)83-74-47-62(46-72(76(74)78)82(71)59-35-21-12-22-36-59)79(55-27-13-8-14-28-55)56-29-15-9-16-30-56/h8-52H,1-7H3/i8D,9D,10D,11D,12D,13D,14D,15D,16D,17D,18D,19D,20D,21D,22D,23D,24D,25D,26D,27D,28D,29D,30D,31D,32D,33D,34D,35D,36D,37D,38D,39D,40D,41D,42D,45D,46D,47D,49D. The largest absolute Gasteiger partial charge is 0.458 e. The molecule has 0 saturated heterocycles. The van der Waals surface area contributed by atoms with Crippen LogP contribution in [0.1, 0.15) is 135 Å². The summed E-state index contributed by atoms with van der Waals surface area (Å²) >= 11 is 0. The van der Waals surface area contributed by atoms with E-state index in [2.05, 4.69) is 0 Å². The van der Waals surface area contributed by atoms with E-state index < -0.39 is 363 Å². The lowest BCUT2D eigenvalue weighted by Gasteiger charge is -2.44. The van der Waals surface area contributed by atoms with E-state index in [9.17, 15) is 35.6 Å². The second-order valence-corrected chi connectivity index (χ2v) is 20.5. The highest BCUT2D eigenvalue weighted by molar-refractivity contribution is 7.01. The predicted molar refractivity (Wildman–Crippen MR) is 354 cm³/mol. The maximum Gasteiger partial charge on any atom is 0.256 e. The molecular weight excluding hydrogens is 1010 g/mol. The maximum absolute atomic E-state index is 11.8. The van der Waals surface area contributed by atoms with Crippen molar-refractivity contribution in [1.82, 2.24) is 0 Å². The Labute approximate surface area is 545 Å². The summed E-state index contributed by atoms with van der Waals surface area (Å²) in [6.45, 7) is 8.12. The molecule has 402 valence electrons. The van der Waals surface area contributed by atoms with Crippen LogP contribution in [0.3, 0.4) is 0 Å². The number of hydrogen-bond acceptors (Lipinski definition) is 5. The fourth-order valence-electron chi connectivity index (χ4n) is 11.0. The Morgan fingerprint density at radius 3 is 1.37 bits per heavy atom. The van der Waals surface area contributed by atoms with Crippen LogP contribution in [-0.4, -0.2) is 13.4 Å². The van der Waals surface area contributed by atoms with Gasteiger partial charge < -0.3 is 24.3 Å². The topological polar surface area (TPSA) is 22.2 Å². The number of nitrogens with zero attached hydrogens (tertiary/aromatic N) is 4. The highest BCUT2D eigenvalue weighted by Crippen LogP contribution is 2.49. The normalized spacial score (nSPS) is 19.4. The molecule has 0 radical (unpaired) electrons. The van der Waals surface area contributed by atoms with Gasteiger partial charge in [0.05, 0.1) is 59.1 Å². The van der Waals surface area contributed by atoms with Crippen LogP contribution >= 0.6 is 0 Å². The Morgan fingerprint density at radius 2 is 0.819 bits per heavy atom. The van der Waals surface area contributed by atoms with Crippen molar-refractivity contribution in [2.45, 2.75) is 66.2 Å². The van der Waals surface area contributed by atoms with E-state index in [0.717, 1.165) is 4.90 Å². The van der Waals surface area contributed by atoms with Crippen molar-refractivity contribution in [3.8, 4) is 11.5 Å². The van der Waals surface area contributed by atoms with Crippen LogP contribution in [0.15, 0.2) is 254 Å². The first-order chi connectivity index (χ1) is 56.8. The van der Waals surface area contributed by atoms with Crippen molar-refractivity contribution >= 4 is 114 Å². The molecule has 0 aromatic heterocycles. The molecule has 0 unspecified atom stereocenters. The van der Waals surface area contributed by atoms with Gasteiger partial charge in [-0.1, -0.05) is 192 Å². The summed E-state index contributed by atoms with van der Waals surface area (Å²) in [5.74, 6) is -3.35. The number of fused-ring (bicyclic) bond motifs is 6. The average Bonchev–Trinajstić information content (AvgIpc) is 0.669. The monoisotopic (exact) mass is 1110 g/mol. The Morgan fingerprint density at radius 1 is 0.361 bits per heavy atom. The highest BCUT2D eigenvalue weighted by atomic mass is 16.5. The zero-order valence-corrected chi connectivity index (χ0v) is 45.3. The molecule has 11 aromatic carbocycles. The highest BCUT2D eigenvalue weighted by Gasteiger charge is 2.46. The third-order valence-electron chi connectivity index (χ3n) is 14.6. The summed E-state index contributed by atoms with van der Waals surface area (Å²) in [7, 11) is 0. The van der Waals surface area contributed by atoms with Crippen molar-refractivity contribution in [1.29, 1.82) is 0 Å². The third kappa shape index (κ3) is 8.98. The molecule has 0 saturated carbocycles. The molecule has 3 heterocycles. The van der Waals surface area contributed by atoms with Crippen LogP contribution < -0.4 is 57.1 Å². The van der Waals surface area contributed by atoms with Crippen molar-refractivity contribution in [3.63, 3.8) is 0 Å². The van der Waals surface area contributed by atoms with Crippen LogP contribution in [0.5, 0.6) is 11.5 Å². The van der Waals surface area contributed by atoms with Gasteiger partial charge in [0.15, 0.2) is 0 Å². The summed E-state index contributed by atoms with van der Waals surface area (Å²) in [6, 6.07) is -38.5. The lowest BCUT2D eigenvalue weighted by Crippen LogP contribution is -2.63. The van der Waals surface area contributed by atoms with Gasteiger partial charge in [0.1, 0.15) is 11.5 Å². The molecule has 3 aliphatic heterocycles. The van der Waals surface area contributed by atoms with Crippen molar-refractivity contribution < 1.29 is 58.2 Å². The third-order valence-corrected chi connectivity index (χ3v) is 14.6. The van der Waals surface area contributed by atoms with E-state index in [4.69, 9.17) is 22.6 Å². The lowest BCUT2D eigenvalue weighted by molar-refractivity contribution is 0.487. The minimum absolute atomic E-state index is 0.201. The minimum atomic E-state index is -2.14. The first-order valence-corrected chi connectivity index (χ1v) is 26.4. The number of anilines is 12. The first kappa shape index (κ1) is 24.6. The van der Waals surface area contributed by atoms with Gasteiger partial charge in [0.2, 0.25) is 6.71 Å². The van der Waals surface area contributed by atoms with Crippen LogP contribution in [0.4, 0.5) is 68.2 Å². The van der Waals surface area contributed by atoms with Gasteiger partial charge in [-0.05, 0) is 177 Å². The van der Waals surface area contributed by atoms with Crippen molar-refractivity contribution in [2.75, 3.05) is 19.6 Å². The first-order valence-electron chi connectivity index (χ1n) is 45.9. The molecule has 14 rings (SSSR count). The fourth-order valence-corrected chi connectivity index (χ4v) is 11.0. The van der Waals surface area contributed by atoms with Crippen molar-refractivity contribution in [2.24, 2.45) is 0 Å². The minimum Gasteiger partial charge on any atom is -0.458 e. The van der Waals surface area contributed by atoms with Gasteiger partial charge >= 0.3 is 0 Å². The number of para-hydroxylation sites is 6. The second kappa shape index (κ2) is 21.1. The molecule has 0 amide bonds. The SMILES string of the molecule is [2H]c1c([2H])c([2H])c(N(c2c([2H])c([2H])c([2H])c(C)c2[2H])c2c([2H])c([2H])c3c(c2[2H])N(c2c([2H])c([2H])c([2H])c([2H])c2[2H])c2c(cc4c(c2[2H])N(c2c([2H])c([2H])c([2H])c([2H])c2[2H])c2c([2H])c(N(c5c([2H])c([2H])c([2H])c([2H])c5[2H])c5c([2H])c([2H])c([2H])c([2H])c5[2H])c([2H])c5c2B4c2c([2H])c([2H])c([2H])c([2H])c2O5)B3c2c(C(C)C)cc(C(C)C)cc2C(C)C)c([2H])c1[2H]. The van der Waals surface area contributed by atoms with Gasteiger partial charge in [-0.25, -0.2) is 0 Å². The van der Waals surface area contributed by atoms with Crippen molar-refractivity contribution in [3.05, 3.63) is 276 Å². The molecule has 0 fully saturated rings. The van der Waals surface area contributed by atoms with Crippen LogP contribution in [0, 0.1) is 6.92 Å². The van der Waals surface area contributed by atoms with Crippen LogP contribution in [0.2, 0.25) is 0 Å². The van der Waals surface area contributed by atoms with Gasteiger partial charge in [0.25, 0.3) is 6.71 Å². The van der Waals surface area contributed by atoms with E-state index in [1.165, 1.54) is 13.0 Å². The molecular formula is C76H66B2N4O. The smallest absolute Gasteiger partial charge is 0.256 e. The molecule has 0 spiro atoms. The molecule has 11 aromatic rings. The van der Waals surface area contributed by atoms with Gasteiger partial charge in [-0.2, -0.15) is 0 Å². The van der Waals surface area contributed by atoms with E-state index in [-0.39, 0.29) is 22.4 Å². The fraction of sp³-hybridized carbons (Fsp3) is 0.132. The quantitative estimate of drug-likeness (QED) is 0.113. The summed E-state index contributed by atoms with van der Waals surface area (Å²) in [5.41, 5.74) is -13.5. The second-order valence-electron chi connectivity index (χ2n) is 20.5. The summed E-state index contributed by atoms with van der Waals surface area (Å²) < 4.78 is 383. The summed E-state index contributed by atoms with van der Waals surface area (Å²) in [6.07, 6.45) is 0. The molecule has 7 heteroatoms. The van der Waals surface area contributed by atoms with E-state index in [1.807, 2.05) is 26.0 Å². The average molecular weight is 1110 g/mol. The Balaban J connectivity index is 1.32. The zero-order valence-electron chi connectivity index (χ0n) is 84.3. The Kier molecular flexibility index (Phi) is 6.26. The van der Waals surface area contributed by atoms with E-state index in [1.54, 1.807) is 27.7 Å². The van der Waals surface area contributed by atoms with Gasteiger partial charge in [-0.15, -0.1) is 0 Å².